The number of nitrogens with one attached hydrogen (secondary N) is 3. The fraction of sp³-hybridized carbons (Fsp3) is 0.909. The van der Waals surface area contributed by atoms with E-state index >= 15 is 0 Å². The van der Waals surface area contributed by atoms with Crippen LogP contribution in [0, 0.1) is 6.42 Å². The lowest BCUT2D eigenvalue weighted by Crippen LogP contribution is -2.45. The normalized spacial score (nSPS) is 15.4. The zero-order valence-corrected chi connectivity index (χ0v) is 10.1. The van der Waals surface area contributed by atoms with E-state index < -0.39 is 0 Å². The maximum Gasteiger partial charge on any atom is 0.0250 e. The third-order valence-corrected chi connectivity index (χ3v) is 2.55. The highest BCUT2D eigenvalue weighted by atomic mass is 15.0. The third kappa shape index (κ3) is 5.58. The van der Waals surface area contributed by atoms with Gasteiger partial charge in [0.15, 0.2) is 0 Å². The fourth-order valence-electron chi connectivity index (χ4n) is 1.70. The molecule has 14 heavy (non-hydrogen) atoms. The molecule has 0 heterocycles. The minimum Gasteiger partial charge on any atom is -0.320 e. The van der Waals surface area contributed by atoms with Crippen molar-refractivity contribution in [2.45, 2.75) is 38.3 Å². The second-order valence-electron chi connectivity index (χ2n) is 3.63. The molecule has 0 amide bonds. The van der Waals surface area contributed by atoms with Gasteiger partial charge in [0.05, 0.1) is 0 Å². The predicted octanol–water partition coefficient (Wildman–Crippen LogP) is 0.776. The molecule has 0 aliphatic rings. The Balaban J connectivity index is 3.81. The quantitative estimate of drug-likeness (QED) is 0.481. The molecule has 3 N–H and O–H groups in total. The van der Waals surface area contributed by atoms with Gasteiger partial charge in [-0.25, -0.2) is 0 Å². The molecule has 0 aliphatic carbocycles. The van der Waals surface area contributed by atoms with E-state index in [0.29, 0.717) is 12.1 Å². The van der Waals surface area contributed by atoms with Gasteiger partial charge in [-0.3, -0.25) is 0 Å². The fourth-order valence-corrected chi connectivity index (χ4v) is 1.70. The average Bonchev–Trinajstić information content (AvgIpc) is 2.22. The van der Waals surface area contributed by atoms with Crippen LogP contribution in [0.2, 0.25) is 0 Å². The zero-order valence-electron chi connectivity index (χ0n) is 10.1. The molecule has 0 saturated carbocycles. The van der Waals surface area contributed by atoms with Gasteiger partial charge in [0.2, 0.25) is 0 Å². The van der Waals surface area contributed by atoms with Gasteiger partial charge >= 0.3 is 0 Å². The Morgan fingerprint density at radius 1 is 1.14 bits per heavy atom. The van der Waals surface area contributed by atoms with Crippen molar-refractivity contribution in [1.29, 1.82) is 0 Å². The summed E-state index contributed by atoms with van der Waals surface area (Å²) in [7, 11) is 6.06. The highest BCUT2D eigenvalue weighted by Gasteiger charge is 2.16. The summed E-state index contributed by atoms with van der Waals surface area (Å²) >= 11 is 0. The van der Waals surface area contributed by atoms with Crippen LogP contribution in [0.15, 0.2) is 0 Å². The van der Waals surface area contributed by atoms with Crippen LogP contribution in [-0.4, -0.2) is 39.8 Å². The first-order chi connectivity index (χ1) is 6.79. The van der Waals surface area contributed by atoms with Crippen molar-refractivity contribution in [2.24, 2.45) is 0 Å². The van der Waals surface area contributed by atoms with Crippen molar-refractivity contribution >= 4 is 0 Å². The van der Waals surface area contributed by atoms with E-state index in [1.54, 1.807) is 0 Å². The highest BCUT2D eigenvalue weighted by Crippen LogP contribution is 2.06. The largest absolute Gasteiger partial charge is 0.320 e. The molecule has 0 aliphatic heterocycles. The van der Waals surface area contributed by atoms with Crippen LogP contribution in [0.25, 0.3) is 0 Å². The Bertz CT molecular complexity index is 117. The highest BCUT2D eigenvalue weighted by molar-refractivity contribution is 4.91. The molecule has 1 radical (unpaired) electrons. The van der Waals surface area contributed by atoms with E-state index in [1.807, 2.05) is 21.1 Å². The van der Waals surface area contributed by atoms with Crippen LogP contribution in [0.1, 0.15) is 26.2 Å². The van der Waals surface area contributed by atoms with Crippen LogP contribution in [0.5, 0.6) is 0 Å². The summed E-state index contributed by atoms with van der Waals surface area (Å²) in [4.78, 5) is 0. The maximum absolute atomic E-state index is 3.37. The van der Waals surface area contributed by atoms with Gasteiger partial charge in [-0.2, -0.15) is 0 Å². The molecule has 0 aromatic heterocycles. The van der Waals surface area contributed by atoms with Crippen molar-refractivity contribution in [3.63, 3.8) is 0 Å². The topological polar surface area (TPSA) is 36.1 Å². The van der Waals surface area contributed by atoms with Gasteiger partial charge in [-0.1, -0.05) is 13.3 Å². The standard InChI is InChI=1S/C11H26N3/c1-5-7-10(13-3)11(14-4)8-6-9-12-2/h8,10-14H,5-7,9H2,1-4H3. The summed E-state index contributed by atoms with van der Waals surface area (Å²) in [6.45, 7) is 3.28. The molecule has 0 rings (SSSR count). The molecule has 3 heteroatoms. The van der Waals surface area contributed by atoms with Gasteiger partial charge in [0.25, 0.3) is 0 Å². The van der Waals surface area contributed by atoms with Gasteiger partial charge < -0.3 is 16.0 Å². The SMILES string of the molecule is CCCC(NC)C([CH]CCNC)NC. The van der Waals surface area contributed by atoms with Crippen molar-refractivity contribution in [3.05, 3.63) is 6.42 Å². The molecular weight excluding hydrogens is 174 g/mol. The van der Waals surface area contributed by atoms with Crippen LogP contribution >= 0.6 is 0 Å². The van der Waals surface area contributed by atoms with E-state index in [4.69, 9.17) is 0 Å². The summed E-state index contributed by atoms with van der Waals surface area (Å²) in [5.74, 6) is 0. The lowest BCUT2D eigenvalue weighted by molar-refractivity contribution is 0.409. The molecule has 0 aromatic rings. The van der Waals surface area contributed by atoms with E-state index in [-0.39, 0.29) is 0 Å². The molecule has 3 nitrogen and oxygen atoms in total. The second kappa shape index (κ2) is 9.44. The van der Waals surface area contributed by atoms with Gasteiger partial charge in [0, 0.05) is 12.1 Å². The van der Waals surface area contributed by atoms with Gasteiger partial charge in [0.1, 0.15) is 0 Å². The van der Waals surface area contributed by atoms with Crippen LogP contribution in [0.4, 0.5) is 0 Å². The minimum absolute atomic E-state index is 0.480. The van der Waals surface area contributed by atoms with Crippen LogP contribution in [0.3, 0.4) is 0 Å². The Morgan fingerprint density at radius 2 is 1.86 bits per heavy atom. The first-order valence-electron chi connectivity index (χ1n) is 5.62. The Labute approximate surface area is 89.0 Å². The molecule has 0 saturated heterocycles. The molecule has 0 fully saturated rings. The number of hydrogen-bond acceptors (Lipinski definition) is 3. The van der Waals surface area contributed by atoms with Crippen molar-refractivity contribution in [3.8, 4) is 0 Å². The average molecular weight is 200 g/mol. The molecule has 0 aromatic carbocycles. The molecule has 0 bridgehead atoms. The number of rotatable bonds is 9. The third-order valence-electron chi connectivity index (χ3n) is 2.55. The van der Waals surface area contributed by atoms with E-state index in [9.17, 15) is 0 Å². The van der Waals surface area contributed by atoms with E-state index in [0.717, 1.165) is 13.0 Å². The van der Waals surface area contributed by atoms with Crippen molar-refractivity contribution in [1.82, 2.24) is 16.0 Å². The number of likely N-dealkylation sites (N-methyl/N-ethyl adjacent to an activating group) is 2. The zero-order chi connectivity index (χ0) is 10.8. The van der Waals surface area contributed by atoms with Gasteiger partial charge in [-0.05, 0) is 47.0 Å². The second-order valence-corrected chi connectivity index (χ2v) is 3.63. The molecule has 85 valence electrons. The molecular formula is C11H26N3. The molecule has 2 unspecified atom stereocenters. The first kappa shape index (κ1) is 13.9. The maximum atomic E-state index is 3.37. The van der Waals surface area contributed by atoms with Crippen LogP contribution in [-0.2, 0) is 0 Å². The Kier molecular flexibility index (Phi) is 9.35. The Hall–Kier alpha value is -0.120. The molecule has 0 spiro atoms. The summed E-state index contributed by atoms with van der Waals surface area (Å²) in [6, 6.07) is 1.04. The smallest absolute Gasteiger partial charge is 0.0250 e. The van der Waals surface area contributed by atoms with Crippen molar-refractivity contribution < 1.29 is 0 Å². The molecule has 2 atom stereocenters. The first-order valence-corrected chi connectivity index (χ1v) is 5.62. The predicted molar refractivity (Wildman–Crippen MR) is 63.4 cm³/mol. The summed E-state index contributed by atoms with van der Waals surface area (Å²) in [6.07, 6.45) is 5.92. The van der Waals surface area contributed by atoms with Crippen molar-refractivity contribution in [2.75, 3.05) is 27.7 Å². The van der Waals surface area contributed by atoms with E-state index in [2.05, 4.69) is 29.3 Å². The lowest BCUT2D eigenvalue weighted by atomic mass is 9.99. The monoisotopic (exact) mass is 200 g/mol. The minimum atomic E-state index is 0.480. The number of hydrogen-bond donors (Lipinski definition) is 3. The van der Waals surface area contributed by atoms with Crippen LogP contribution < -0.4 is 16.0 Å². The Morgan fingerprint density at radius 3 is 2.29 bits per heavy atom. The van der Waals surface area contributed by atoms with E-state index in [1.165, 1.54) is 12.8 Å². The summed E-state index contributed by atoms with van der Waals surface area (Å²) in [5, 5.41) is 9.87. The summed E-state index contributed by atoms with van der Waals surface area (Å²) in [5.41, 5.74) is 0. The van der Waals surface area contributed by atoms with Gasteiger partial charge in [-0.15, -0.1) is 0 Å². The lowest BCUT2D eigenvalue weighted by Gasteiger charge is -2.26. The summed E-state index contributed by atoms with van der Waals surface area (Å²) < 4.78 is 0.